The van der Waals surface area contributed by atoms with E-state index in [1.807, 2.05) is 12.4 Å². The average Bonchev–Trinajstić information content (AvgIpc) is 3.31. The normalized spacial score (nSPS) is 17.1. The Labute approximate surface area is 153 Å². The van der Waals surface area contributed by atoms with Crippen molar-refractivity contribution in [3.63, 3.8) is 0 Å². The summed E-state index contributed by atoms with van der Waals surface area (Å²) < 4.78 is 0. The second kappa shape index (κ2) is 6.36. The van der Waals surface area contributed by atoms with Crippen LogP contribution in [0.3, 0.4) is 0 Å². The number of nitrogens with one attached hydrogen (secondary N) is 2. The zero-order valence-corrected chi connectivity index (χ0v) is 15.2. The first-order valence-corrected chi connectivity index (χ1v) is 9.68. The van der Waals surface area contributed by atoms with E-state index in [2.05, 4.69) is 51.5 Å². The third kappa shape index (κ3) is 2.56. The molecule has 0 saturated carbocycles. The summed E-state index contributed by atoms with van der Waals surface area (Å²) in [6.07, 6.45) is 7.33. The molecular weight excluding hydrogens is 320 g/mol. The standard InChI is InChI=1S/C22H24N4/c1-2-18-19-10-15(14-5-7-23-8-6-14)3-4-20(19)26-22(18)17-9-16-11-24-13-21(16)25-12-17/h3-4,9-10,12-14,23,26H,2,5-8,11H2,1H3. The van der Waals surface area contributed by atoms with Gasteiger partial charge in [-0.05, 0) is 67.6 Å². The van der Waals surface area contributed by atoms with Crippen LogP contribution in [0.15, 0.2) is 35.5 Å². The van der Waals surface area contributed by atoms with Crippen molar-refractivity contribution in [3.05, 3.63) is 52.8 Å². The lowest BCUT2D eigenvalue weighted by atomic mass is 9.89. The summed E-state index contributed by atoms with van der Waals surface area (Å²) in [7, 11) is 0. The van der Waals surface area contributed by atoms with Gasteiger partial charge in [0.2, 0.25) is 0 Å². The van der Waals surface area contributed by atoms with E-state index >= 15 is 0 Å². The third-order valence-electron chi connectivity index (χ3n) is 5.86. The van der Waals surface area contributed by atoms with Crippen molar-refractivity contribution in [2.45, 2.75) is 38.6 Å². The van der Waals surface area contributed by atoms with Gasteiger partial charge in [0.1, 0.15) is 0 Å². The third-order valence-corrected chi connectivity index (χ3v) is 5.86. The van der Waals surface area contributed by atoms with Gasteiger partial charge in [-0.25, -0.2) is 0 Å². The molecule has 132 valence electrons. The number of hydrogen-bond donors (Lipinski definition) is 2. The number of fused-ring (bicyclic) bond motifs is 2. The number of rotatable bonds is 3. The van der Waals surface area contributed by atoms with Crippen molar-refractivity contribution >= 4 is 17.1 Å². The molecule has 0 unspecified atom stereocenters. The van der Waals surface area contributed by atoms with Crippen molar-refractivity contribution in [1.82, 2.24) is 15.3 Å². The number of aromatic nitrogens is 2. The summed E-state index contributed by atoms with van der Waals surface area (Å²) in [5, 5.41) is 4.84. The monoisotopic (exact) mass is 344 g/mol. The zero-order chi connectivity index (χ0) is 17.5. The predicted octanol–water partition coefficient (Wildman–Crippen LogP) is 4.19. The molecule has 5 rings (SSSR count). The minimum absolute atomic E-state index is 0.683. The Morgan fingerprint density at radius 3 is 2.88 bits per heavy atom. The van der Waals surface area contributed by atoms with Gasteiger partial charge in [-0.1, -0.05) is 13.0 Å². The van der Waals surface area contributed by atoms with Crippen LogP contribution in [0.1, 0.15) is 48.1 Å². The Balaban J connectivity index is 1.60. The molecule has 0 radical (unpaired) electrons. The highest BCUT2D eigenvalue weighted by molar-refractivity contribution is 5.92. The zero-order valence-electron chi connectivity index (χ0n) is 15.2. The fourth-order valence-corrected chi connectivity index (χ4v) is 4.42. The number of hydrogen-bond acceptors (Lipinski definition) is 3. The van der Waals surface area contributed by atoms with Crippen LogP contribution in [0.5, 0.6) is 0 Å². The second-order valence-electron chi connectivity index (χ2n) is 7.40. The van der Waals surface area contributed by atoms with E-state index in [-0.39, 0.29) is 0 Å². The average molecular weight is 344 g/mol. The number of nitrogens with zero attached hydrogens (tertiary/aromatic N) is 2. The first kappa shape index (κ1) is 15.8. The molecule has 1 aromatic carbocycles. The van der Waals surface area contributed by atoms with Gasteiger partial charge in [0.05, 0.1) is 17.9 Å². The van der Waals surface area contributed by atoms with Crippen LogP contribution in [-0.4, -0.2) is 29.3 Å². The van der Waals surface area contributed by atoms with Gasteiger partial charge in [-0.15, -0.1) is 0 Å². The minimum Gasteiger partial charge on any atom is -0.354 e. The molecule has 2 aliphatic rings. The van der Waals surface area contributed by atoms with Crippen LogP contribution < -0.4 is 5.32 Å². The molecule has 4 heteroatoms. The molecule has 2 N–H and O–H groups in total. The SMILES string of the molecule is CCc1c(-c2cnc3c(c2)CN=C3)[nH]c2ccc(C3CCNCC3)cc12. The van der Waals surface area contributed by atoms with Crippen molar-refractivity contribution in [2.24, 2.45) is 4.99 Å². The predicted molar refractivity (Wildman–Crippen MR) is 107 cm³/mol. The van der Waals surface area contributed by atoms with Gasteiger partial charge >= 0.3 is 0 Å². The van der Waals surface area contributed by atoms with Gasteiger partial charge in [0.25, 0.3) is 0 Å². The van der Waals surface area contributed by atoms with E-state index < -0.39 is 0 Å². The highest BCUT2D eigenvalue weighted by atomic mass is 14.9. The minimum atomic E-state index is 0.683. The van der Waals surface area contributed by atoms with Gasteiger partial charge < -0.3 is 10.3 Å². The number of pyridine rings is 1. The summed E-state index contributed by atoms with van der Waals surface area (Å²) in [6.45, 7) is 5.25. The number of aromatic amines is 1. The highest BCUT2D eigenvalue weighted by Gasteiger charge is 2.19. The molecule has 3 aromatic rings. The van der Waals surface area contributed by atoms with E-state index in [1.54, 1.807) is 0 Å². The van der Waals surface area contributed by atoms with Gasteiger partial charge in [-0.2, -0.15) is 0 Å². The lowest BCUT2D eigenvalue weighted by Crippen LogP contribution is -2.26. The fourth-order valence-electron chi connectivity index (χ4n) is 4.42. The molecule has 2 aliphatic heterocycles. The molecular formula is C22H24N4. The fraction of sp³-hybridized carbons (Fsp3) is 0.364. The second-order valence-corrected chi connectivity index (χ2v) is 7.40. The van der Waals surface area contributed by atoms with Crippen molar-refractivity contribution < 1.29 is 0 Å². The summed E-state index contributed by atoms with van der Waals surface area (Å²) in [5.41, 5.74) is 8.73. The van der Waals surface area contributed by atoms with E-state index in [0.29, 0.717) is 5.92 Å². The van der Waals surface area contributed by atoms with Gasteiger partial charge in [0, 0.05) is 34.4 Å². The smallest absolute Gasteiger partial charge is 0.0859 e. The van der Waals surface area contributed by atoms with Crippen LogP contribution in [0.4, 0.5) is 0 Å². The number of aryl methyl sites for hydroxylation is 1. The Hall–Kier alpha value is -2.46. The lowest BCUT2D eigenvalue weighted by Gasteiger charge is -2.23. The molecule has 0 atom stereocenters. The Bertz CT molecular complexity index is 993. The highest BCUT2D eigenvalue weighted by Crippen LogP contribution is 2.35. The molecule has 0 bridgehead atoms. The van der Waals surface area contributed by atoms with Gasteiger partial charge in [0.15, 0.2) is 0 Å². The van der Waals surface area contributed by atoms with Crippen molar-refractivity contribution in [1.29, 1.82) is 0 Å². The maximum Gasteiger partial charge on any atom is 0.0859 e. The number of aliphatic imine (C=N–C) groups is 1. The largest absolute Gasteiger partial charge is 0.354 e. The summed E-state index contributed by atoms with van der Waals surface area (Å²) in [6, 6.07) is 9.24. The number of piperidine rings is 1. The molecule has 2 aromatic heterocycles. The number of H-pyrrole nitrogens is 1. The van der Waals surface area contributed by atoms with Crippen molar-refractivity contribution in [3.8, 4) is 11.3 Å². The Morgan fingerprint density at radius 1 is 1.15 bits per heavy atom. The summed E-state index contributed by atoms with van der Waals surface area (Å²) >= 11 is 0. The van der Waals surface area contributed by atoms with Crippen LogP contribution in [-0.2, 0) is 13.0 Å². The molecule has 0 spiro atoms. The topological polar surface area (TPSA) is 53.1 Å². The Kier molecular flexibility index (Phi) is 3.86. The van der Waals surface area contributed by atoms with Crippen LogP contribution in [0.25, 0.3) is 22.2 Å². The maximum atomic E-state index is 4.60. The quantitative estimate of drug-likeness (QED) is 0.748. The van der Waals surface area contributed by atoms with Crippen molar-refractivity contribution in [2.75, 3.05) is 13.1 Å². The molecule has 4 heterocycles. The summed E-state index contributed by atoms with van der Waals surface area (Å²) in [4.78, 5) is 12.6. The molecule has 4 nitrogen and oxygen atoms in total. The first-order valence-electron chi connectivity index (χ1n) is 9.68. The first-order chi connectivity index (χ1) is 12.8. The van der Waals surface area contributed by atoms with Crippen LogP contribution in [0.2, 0.25) is 0 Å². The van der Waals surface area contributed by atoms with Crippen LogP contribution in [0, 0.1) is 0 Å². The molecule has 1 fully saturated rings. The molecule has 1 saturated heterocycles. The molecule has 26 heavy (non-hydrogen) atoms. The van der Waals surface area contributed by atoms with E-state index in [9.17, 15) is 0 Å². The molecule has 0 aliphatic carbocycles. The van der Waals surface area contributed by atoms with E-state index in [0.717, 1.165) is 31.7 Å². The Morgan fingerprint density at radius 2 is 2.04 bits per heavy atom. The molecule has 0 amide bonds. The maximum absolute atomic E-state index is 4.60. The van der Waals surface area contributed by atoms with Crippen LogP contribution >= 0.6 is 0 Å². The summed E-state index contributed by atoms with van der Waals surface area (Å²) in [5.74, 6) is 0.683. The van der Waals surface area contributed by atoms with E-state index in [1.165, 1.54) is 51.7 Å². The van der Waals surface area contributed by atoms with Gasteiger partial charge in [-0.3, -0.25) is 9.98 Å². The van der Waals surface area contributed by atoms with E-state index in [4.69, 9.17) is 0 Å². The number of benzene rings is 1. The lowest BCUT2D eigenvalue weighted by molar-refractivity contribution is 0.460.